The van der Waals surface area contributed by atoms with Crippen molar-refractivity contribution in [2.24, 2.45) is 5.73 Å². The van der Waals surface area contributed by atoms with Crippen molar-refractivity contribution in [3.05, 3.63) is 17.8 Å². The first-order chi connectivity index (χ1) is 8.04. The minimum Gasteiger partial charge on any atom is -0.444 e. The van der Waals surface area contributed by atoms with Crippen LogP contribution in [0.1, 0.15) is 31.0 Å². The molecule has 96 valence electrons. The lowest BCUT2D eigenvalue weighted by molar-refractivity contribution is -0.123. The van der Waals surface area contributed by atoms with Gasteiger partial charge < -0.3 is 15.5 Å². The van der Waals surface area contributed by atoms with Crippen LogP contribution in [0.15, 0.2) is 10.6 Å². The van der Waals surface area contributed by atoms with Gasteiger partial charge in [0.05, 0.1) is 12.2 Å². The SMILES string of the molecule is CSCC[C@H](N)C(=O)NC(C)c1ncc(C)o1. The predicted molar refractivity (Wildman–Crippen MR) is 68.8 cm³/mol. The van der Waals surface area contributed by atoms with Gasteiger partial charge in [-0.25, -0.2) is 4.98 Å². The van der Waals surface area contributed by atoms with E-state index in [0.29, 0.717) is 12.3 Å². The molecule has 1 amide bonds. The lowest BCUT2D eigenvalue weighted by Crippen LogP contribution is -2.42. The van der Waals surface area contributed by atoms with Crippen LogP contribution in [0.5, 0.6) is 0 Å². The molecule has 0 spiro atoms. The van der Waals surface area contributed by atoms with Crippen LogP contribution in [0.3, 0.4) is 0 Å². The van der Waals surface area contributed by atoms with Gasteiger partial charge >= 0.3 is 0 Å². The van der Waals surface area contributed by atoms with E-state index in [0.717, 1.165) is 11.5 Å². The number of nitrogens with one attached hydrogen (secondary N) is 1. The predicted octanol–water partition coefficient (Wildman–Crippen LogP) is 1.24. The minimum atomic E-state index is -0.471. The highest BCUT2D eigenvalue weighted by Crippen LogP contribution is 2.12. The highest BCUT2D eigenvalue weighted by atomic mass is 32.2. The fourth-order valence-corrected chi connectivity index (χ4v) is 1.82. The molecule has 0 aliphatic heterocycles. The van der Waals surface area contributed by atoms with Crippen LogP contribution in [0.25, 0.3) is 0 Å². The topological polar surface area (TPSA) is 81.2 Å². The summed E-state index contributed by atoms with van der Waals surface area (Å²) in [5.41, 5.74) is 5.76. The van der Waals surface area contributed by atoms with Crippen LogP contribution < -0.4 is 11.1 Å². The number of nitrogens with two attached hydrogens (primary N) is 1. The van der Waals surface area contributed by atoms with Crippen molar-refractivity contribution in [1.82, 2.24) is 10.3 Å². The summed E-state index contributed by atoms with van der Waals surface area (Å²) in [5.74, 6) is 1.95. The molecular weight excluding hydrogens is 238 g/mol. The number of amides is 1. The fourth-order valence-electron chi connectivity index (χ4n) is 1.33. The monoisotopic (exact) mass is 257 g/mol. The highest BCUT2D eigenvalue weighted by molar-refractivity contribution is 7.98. The Kier molecular flexibility index (Phi) is 5.50. The molecule has 0 radical (unpaired) electrons. The Morgan fingerprint density at radius 1 is 1.71 bits per heavy atom. The lowest BCUT2D eigenvalue weighted by atomic mass is 10.2. The van der Waals surface area contributed by atoms with E-state index in [1.165, 1.54) is 0 Å². The number of aryl methyl sites for hydroxylation is 1. The minimum absolute atomic E-state index is 0.164. The molecule has 0 saturated carbocycles. The largest absolute Gasteiger partial charge is 0.444 e. The van der Waals surface area contributed by atoms with Gasteiger partial charge in [0.2, 0.25) is 11.8 Å². The molecule has 1 rings (SSSR count). The molecular formula is C11H19N3O2S. The fraction of sp³-hybridized carbons (Fsp3) is 0.636. The van der Waals surface area contributed by atoms with Gasteiger partial charge in [-0.15, -0.1) is 0 Å². The van der Waals surface area contributed by atoms with E-state index in [1.807, 2.05) is 20.1 Å². The standard InChI is InChI=1S/C11H19N3O2S/c1-7-6-13-11(16-7)8(2)14-10(15)9(12)4-5-17-3/h6,8-9H,4-5,12H2,1-3H3,(H,14,15)/t8?,9-/m0/s1. The summed E-state index contributed by atoms with van der Waals surface area (Å²) in [6.07, 6.45) is 4.29. The first kappa shape index (κ1) is 14.1. The number of carbonyl (C=O) groups excluding carboxylic acids is 1. The first-order valence-corrected chi connectivity index (χ1v) is 6.91. The smallest absolute Gasteiger partial charge is 0.237 e. The Balaban J connectivity index is 2.45. The number of hydrogen-bond donors (Lipinski definition) is 2. The number of rotatable bonds is 6. The van der Waals surface area contributed by atoms with Crippen molar-refractivity contribution in [2.75, 3.05) is 12.0 Å². The quantitative estimate of drug-likeness (QED) is 0.801. The van der Waals surface area contributed by atoms with E-state index in [4.69, 9.17) is 10.2 Å². The van der Waals surface area contributed by atoms with Gasteiger partial charge in [-0.1, -0.05) is 0 Å². The van der Waals surface area contributed by atoms with Crippen molar-refractivity contribution in [3.8, 4) is 0 Å². The van der Waals surface area contributed by atoms with Gasteiger partial charge in [-0.2, -0.15) is 11.8 Å². The van der Waals surface area contributed by atoms with Gasteiger partial charge in [0.1, 0.15) is 11.8 Å². The molecule has 0 aliphatic rings. The molecule has 1 heterocycles. The molecule has 3 N–H and O–H groups in total. The molecule has 2 atom stereocenters. The number of thioether (sulfide) groups is 1. The highest BCUT2D eigenvalue weighted by Gasteiger charge is 2.18. The molecule has 0 bridgehead atoms. The van der Waals surface area contributed by atoms with Crippen LogP contribution in [-0.4, -0.2) is 28.9 Å². The third kappa shape index (κ3) is 4.40. The van der Waals surface area contributed by atoms with E-state index in [1.54, 1.807) is 18.0 Å². The average Bonchev–Trinajstić information content (AvgIpc) is 2.72. The van der Waals surface area contributed by atoms with E-state index in [2.05, 4.69) is 10.3 Å². The summed E-state index contributed by atoms with van der Waals surface area (Å²) in [6.45, 7) is 3.64. The molecule has 0 saturated heterocycles. The van der Waals surface area contributed by atoms with Crippen LogP contribution in [0, 0.1) is 6.92 Å². The molecule has 0 aliphatic carbocycles. The van der Waals surface area contributed by atoms with Crippen LogP contribution in [-0.2, 0) is 4.79 Å². The maximum atomic E-state index is 11.7. The van der Waals surface area contributed by atoms with Gasteiger partial charge in [-0.3, -0.25) is 4.79 Å². The maximum Gasteiger partial charge on any atom is 0.237 e. The van der Waals surface area contributed by atoms with E-state index >= 15 is 0 Å². The zero-order valence-corrected chi connectivity index (χ0v) is 11.2. The van der Waals surface area contributed by atoms with Crippen molar-refractivity contribution in [1.29, 1.82) is 0 Å². The van der Waals surface area contributed by atoms with Crippen molar-refractivity contribution >= 4 is 17.7 Å². The maximum absolute atomic E-state index is 11.7. The number of carbonyl (C=O) groups is 1. The Hall–Kier alpha value is -1.01. The van der Waals surface area contributed by atoms with E-state index in [9.17, 15) is 4.79 Å². The molecule has 1 aromatic rings. The molecule has 6 heteroatoms. The average molecular weight is 257 g/mol. The second kappa shape index (κ2) is 6.66. The Bertz CT molecular complexity index is 367. The van der Waals surface area contributed by atoms with Crippen molar-refractivity contribution in [2.45, 2.75) is 32.4 Å². The molecule has 1 unspecified atom stereocenters. The van der Waals surface area contributed by atoms with Crippen LogP contribution in [0.2, 0.25) is 0 Å². The van der Waals surface area contributed by atoms with E-state index < -0.39 is 6.04 Å². The summed E-state index contributed by atoms with van der Waals surface area (Å²) in [7, 11) is 0. The zero-order valence-electron chi connectivity index (χ0n) is 10.4. The molecule has 0 fully saturated rings. The van der Waals surface area contributed by atoms with Crippen molar-refractivity contribution < 1.29 is 9.21 Å². The second-order valence-electron chi connectivity index (χ2n) is 3.93. The van der Waals surface area contributed by atoms with Gasteiger partial charge in [-0.05, 0) is 32.3 Å². The Morgan fingerprint density at radius 2 is 2.41 bits per heavy atom. The third-order valence-electron chi connectivity index (χ3n) is 2.34. The first-order valence-electron chi connectivity index (χ1n) is 5.51. The van der Waals surface area contributed by atoms with Gasteiger partial charge in [0, 0.05) is 0 Å². The Morgan fingerprint density at radius 3 is 2.94 bits per heavy atom. The molecule has 0 aromatic carbocycles. The zero-order chi connectivity index (χ0) is 12.8. The number of oxazole rings is 1. The number of aromatic nitrogens is 1. The number of hydrogen-bond acceptors (Lipinski definition) is 5. The van der Waals surface area contributed by atoms with Crippen molar-refractivity contribution in [3.63, 3.8) is 0 Å². The summed E-state index contributed by atoms with van der Waals surface area (Å²) < 4.78 is 5.34. The second-order valence-corrected chi connectivity index (χ2v) is 4.91. The summed E-state index contributed by atoms with van der Waals surface area (Å²) >= 11 is 1.68. The lowest BCUT2D eigenvalue weighted by Gasteiger charge is -2.14. The third-order valence-corrected chi connectivity index (χ3v) is 2.98. The van der Waals surface area contributed by atoms with Crippen LogP contribution >= 0.6 is 11.8 Å². The molecule has 1 aromatic heterocycles. The summed E-state index contributed by atoms with van der Waals surface area (Å²) in [5, 5.41) is 2.79. The van der Waals surface area contributed by atoms with Crippen LogP contribution in [0.4, 0.5) is 0 Å². The normalized spacial score (nSPS) is 14.4. The van der Waals surface area contributed by atoms with E-state index in [-0.39, 0.29) is 11.9 Å². The summed E-state index contributed by atoms with van der Waals surface area (Å²) in [6, 6.07) is -0.725. The molecule has 17 heavy (non-hydrogen) atoms. The van der Waals surface area contributed by atoms with Gasteiger partial charge in [0.25, 0.3) is 0 Å². The number of nitrogens with zero attached hydrogens (tertiary/aromatic N) is 1. The summed E-state index contributed by atoms with van der Waals surface area (Å²) in [4.78, 5) is 15.8. The molecule has 5 nitrogen and oxygen atoms in total. The Labute approximate surface area is 106 Å². The van der Waals surface area contributed by atoms with Gasteiger partial charge in [0.15, 0.2) is 0 Å².